The molecule has 2 aromatic rings. The van der Waals surface area contributed by atoms with Gasteiger partial charge in [-0.3, -0.25) is 9.00 Å². The van der Waals surface area contributed by atoms with Gasteiger partial charge in [0, 0.05) is 0 Å². The number of rotatable bonds is 1. The van der Waals surface area contributed by atoms with E-state index in [4.69, 9.17) is 5.41 Å². The second-order valence-corrected chi connectivity index (χ2v) is 4.61. The van der Waals surface area contributed by atoms with Crippen LogP contribution in [0, 0.1) is 5.41 Å². The van der Waals surface area contributed by atoms with Crippen molar-refractivity contribution in [1.82, 2.24) is 3.59 Å². The fraction of sp³-hybridized carbons (Fsp3) is 0.125. The van der Waals surface area contributed by atoms with Gasteiger partial charge in [0.05, 0.1) is 26.4 Å². The monoisotopic (exact) mass is 312 g/mol. The van der Waals surface area contributed by atoms with Crippen molar-refractivity contribution in [2.75, 3.05) is 0 Å². The lowest BCUT2D eigenvalue weighted by atomic mass is 10.3. The Bertz CT molecular complexity index is 589. The molecule has 0 spiro atoms. The molecule has 0 radical (unpaired) electrons. The third-order valence-electron chi connectivity index (χ3n) is 1.76. The fourth-order valence-corrected chi connectivity index (χ4v) is 2.66. The Morgan fingerprint density at radius 3 is 2.69 bits per heavy atom. The largest absolute Gasteiger partial charge is 0.573 e. The predicted octanol–water partition coefficient (Wildman–Crippen LogP) is 3.24. The SMILES string of the molecule is N=c1sc2cc(OC(F)(F)F)ccc2n1Br. The zero-order valence-electron chi connectivity index (χ0n) is 7.51. The van der Waals surface area contributed by atoms with E-state index in [0.717, 1.165) is 11.3 Å². The number of benzene rings is 1. The van der Waals surface area contributed by atoms with E-state index in [1.54, 1.807) is 0 Å². The van der Waals surface area contributed by atoms with Gasteiger partial charge in [0.25, 0.3) is 0 Å². The molecule has 2 rings (SSSR count). The molecule has 0 amide bonds. The first kappa shape index (κ1) is 11.5. The molecular formula is C8H4BrF3N2OS. The van der Waals surface area contributed by atoms with Crippen LogP contribution in [0.4, 0.5) is 13.2 Å². The Labute approximate surface area is 99.9 Å². The summed E-state index contributed by atoms with van der Waals surface area (Å²) in [5.41, 5.74) is 0.629. The Kier molecular flexibility index (Phi) is 2.70. The van der Waals surface area contributed by atoms with E-state index >= 15 is 0 Å². The van der Waals surface area contributed by atoms with Gasteiger partial charge in [0.15, 0.2) is 4.80 Å². The summed E-state index contributed by atoms with van der Waals surface area (Å²) in [4.78, 5) is 0.194. The number of hydrogen-bond acceptors (Lipinski definition) is 3. The lowest BCUT2D eigenvalue weighted by molar-refractivity contribution is -0.274. The molecule has 0 aliphatic heterocycles. The maximum absolute atomic E-state index is 12.0. The van der Waals surface area contributed by atoms with Crippen molar-refractivity contribution in [3.8, 4) is 5.75 Å². The van der Waals surface area contributed by atoms with Crippen LogP contribution in [-0.4, -0.2) is 9.96 Å². The van der Waals surface area contributed by atoms with Crippen molar-refractivity contribution in [2.24, 2.45) is 0 Å². The number of halogens is 4. The zero-order chi connectivity index (χ0) is 11.9. The number of nitrogens with one attached hydrogen (secondary N) is 1. The van der Waals surface area contributed by atoms with Crippen LogP contribution in [-0.2, 0) is 0 Å². The van der Waals surface area contributed by atoms with Crippen molar-refractivity contribution in [3.05, 3.63) is 23.0 Å². The highest BCUT2D eigenvalue weighted by Crippen LogP contribution is 2.28. The Morgan fingerprint density at radius 1 is 1.38 bits per heavy atom. The minimum absolute atomic E-state index is 0.194. The maximum atomic E-state index is 12.0. The summed E-state index contributed by atoms with van der Waals surface area (Å²) in [6.07, 6.45) is -4.70. The molecule has 0 saturated heterocycles. The number of hydrogen-bond donors (Lipinski definition) is 1. The van der Waals surface area contributed by atoms with E-state index in [2.05, 4.69) is 20.9 Å². The minimum atomic E-state index is -4.70. The number of aromatic nitrogens is 1. The second kappa shape index (κ2) is 3.77. The number of thiazole rings is 1. The normalized spacial score (nSPS) is 12.0. The van der Waals surface area contributed by atoms with Crippen LogP contribution in [0.3, 0.4) is 0 Å². The topological polar surface area (TPSA) is 38.0 Å². The molecule has 16 heavy (non-hydrogen) atoms. The standard InChI is InChI=1S/C8H4BrF3N2OS/c9-14-5-2-1-4(15-8(10,11)12)3-6(5)16-7(14)13/h1-3,13H. The van der Waals surface area contributed by atoms with Gasteiger partial charge in [-0.05, 0) is 18.2 Å². The van der Waals surface area contributed by atoms with Gasteiger partial charge in [0.1, 0.15) is 5.75 Å². The highest BCUT2D eigenvalue weighted by molar-refractivity contribution is 9.08. The average Bonchev–Trinajstić information content (AvgIpc) is 2.40. The molecule has 1 heterocycles. The molecule has 0 bridgehead atoms. The smallest absolute Gasteiger partial charge is 0.406 e. The summed E-state index contributed by atoms with van der Waals surface area (Å²) in [5, 5.41) is 7.47. The first-order valence-corrected chi connectivity index (χ1v) is 5.51. The number of nitrogens with zero attached hydrogens (tertiary/aromatic N) is 1. The lowest BCUT2D eigenvalue weighted by Gasteiger charge is -2.08. The fourth-order valence-electron chi connectivity index (χ4n) is 1.19. The van der Waals surface area contributed by atoms with Crippen LogP contribution in [0.15, 0.2) is 18.2 Å². The predicted molar refractivity (Wildman–Crippen MR) is 56.7 cm³/mol. The van der Waals surface area contributed by atoms with Gasteiger partial charge < -0.3 is 4.74 Å². The van der Waals surface area contributed by atoms with Gasteiger partial charge in [-0.25, -0.2) is 0 Å². The number of ether oxygens (including phenoxy) is 1. The average molecular weight is 313 g/mol. The van der Waals surface area contributed by atoms with Crippen LogP contribution >= 0.6 is 27.5 Å². The summed E-state index contributed by atoms with van der Waals surface area (Å²) in [6, 6.07) is 3.92. The molecule has 0 atom stereocenters. The summed E-state index contributed by atoms with van der Waals surface area (Å²) in [5.74, 6) is -0.283. The molecule has 8 heteroatoms. The number of fused-ring (bicyclic) bond motifs is 1. The number of alkyl halides is 3. The van der Waals surface area contributed by atoms with E-state index in [0.29, 0.717) is 10.2 Å². The van der Waals surface area contributed by atoms with Gasteiger partial charge in [-0.1, -0.05) is 11.3 Å². The van der Waals surface area contributed by atoms with E-state index in [9.17, 15) is 13.2 Å². The second-order valence-electron chi connectivity index (χ2n) is 2.87. The summed E-state index contributed by atoms with van der Waals surface area (Å²) in [7, 11) is 0. The minimum Gasteiger partial charge on any atom is -0.406 e. The van der Waals surface area contributed by atoms with Gasteiger partial charge in [0.2, 0.25) is 0 Å². The Morgan fingerprint density at radius 2 is 2.06 bits per heavy atom. The van der Waals surface area contributed by atoms with E-state index in [-0.39, 0.29) is 10.6 Å². The lowest BCUT2D eigenvalue weighted by Crippen LogP contribution is -2.16. The van der Waals surface area contributed by atoms with E-state index in [1.807, 2.05) is 0 Å². The van der Waals surface area contributed by atoms with E-state index in [1.165, 1.54) is 21.8 Å². The van der Waals surface area contributed by atoms with Crippen LogP contribution < -0.4 is 9.54 Å². The highest BCUT2D eigenvalue weighted by atomic mass is 79.9. The molecule has 0 aliphatic carbocycles. The molecule has 3 nitrogen and oxygen atoms in total. The molecular weight excluding hydrogens is 309 g/mol. The molecule has 0 fully saturated rings. The summed E-state index contributed by atoms with van der Waals surface area (Å²) in [6.45, 7) is 0. The molecule has 86 valence electrons. The molecule has 0 saturated carbocycles. The molecule has 1 N–H and O–H groups in total. The van der Waals surface area contributed by atoms with E-state index < -0.39 is 6.36 Å². The molecule has 1 aromatic carbocycles. The van der Waals surface area contributed by atoms with Crippen molar-refractivity contribution in [3.63, 3.8) is 0 Å². The first-order valence-electron chi connectivity index (χ1n) is 3.99. The zero-order valence-corrected chi connectivity index (χ0v) is 9.91. The van der Waals surface area contributed by atoms with Gasteiger partial charge >= 0.3 is 6.36 Å². The third kappa shape index (κ3) is 2.22. The highest BCUT2D eigenvalue weighted by Gasteiger charge is 2.31. The first-order chi connectivity index (χ1) is 7.37. The quantitative estimate of drug-likeness (QED) is 0.862. The Hall–Kier alpha value is -1.02. The molecule has 1 aromatic heterocycles. The summed E-state index contributed by atoms with van der Waals surface area (Å²) >= 11 is 4.17. The van der Waals surface area contributed by atoms with Crippen LogP contribution in [0.2, 0.25) is 0 Å². The van der Waals surface area contributed by atoms with Crippen molar-refractivity contribution in [2.45, 2.75) is 6.36 Å². The van der Waals surface area contributed by atoms with Gasteiger partial charge in [-0.2, -0.15) is 0 Å². The van der Waals surface area contributed by atoms with Crippen molar-refractivity contribution < 1.29 is 17.9 Å². The Balaban J connectivity index is 2.49. The molecule has 0 aliphatic rings. The third-order valence-corrected chi connectivity index (χ3v) is 3.66. The van der Waals surface area contributed by atoms with Crippen LogP contribution in [0.25, 0.3) is 10.2 Å². The summed E-state index contributed by atoms with van der Waals surface area (Å²) < 4.78 is 41.6. The van der Waals surface area contributed by atoms with Crippen LogP contribution in [0.5, 0.6) is 5.75 Å². The van der Waals surface area contributed by atoms with Crippen molar-refractivity contribution in [1.29, 1.82) is 5.41 Å². The van der Waals surface area contributed by atoms with Crippen LogP contribution in [0.1, 0.15) is 0 Å². The van der Waals surface area contributed by atoms with Gasteiger partial charge in [-0.15, -0.1) is 13.2 Å². The maximum Gasteiger partial charge on any atom is 0.573 e. The van der Waals surface area contributed by atoms with Crippen molar-refractivity contribution >= 4 is 37.7 Å². The molecule has 0 unspecified atom stereocenters.